The van der Waals surface area contributed by atoms with Crippen LogP contribution in [-0.2, 0) is 16.0 Å². The van der Waals surface area contributed by atoms with E-state index in [2.05, 4.69) is 4.90 Å². The van der Waals surface area contributed by atoms with E-state index in [9.17, 15) is 4.79 Å². The molecule has 1 aromatic rings. The molecule has 2 aliphatic heterocycles. The van der Waals surface area contributed by atoms with Crippen molar-refractivity contribution in [1.82, 2.24) is 4.90 Å². The van der Waals surface area contributed by atoms with Gasteiger partial charge in [-0.2, -0.15) is 0 Å². The fourth-order valence-electron chi connectivity index (χ4n) is 4.61. The molecular weight excluding hydrogens is 380 g/mol. The van der Waals surface area contributed by atoms with Crippen LogP contribution >= 0.6 is 0 Å². The first-order valence-electron chi connectivity index (χ1n) is 15.7. The molecule has 0 radical (unpaired) electrons. The fraction of sp³-hybridized carbons (Fsp3) is 0.708. The first-order valence-corrected chi connectivity index (χ1v) is 10.2. The number of piperidine rings is 1. The number of esters is 1. The fourth-order valence-corrected chi connectivity index (χ4v) is 4.61. The van der Waals surface area contributed by atoms with Gasteiger partial charge >= 0.3 is 5.97 Å². The number of nitrogens with zero attached hydrogens (tertiary/aromatic N) is 1. The summed E-state index contributed by atoms with van der Waals surface area (Å²) in [6.07, 6.45) is 0.534. The van der Waals surface area contributed by atoms with Gasteiger partial charge in [0.15, 0.2) is 11.5 Å². The summed E-state index contributed by atoms with van der Waals surface area (Å²) in [5, 5.41) is 0. The monoisotopic (exact) mass is 429 g/mol. The average molecular weight is 430 g/mol. The van der Waals surface area contributed by atoms with Crippen LogP contribution in [0.25, 0.3) is 0 Å². The van der Waals surface area contributed by atoms with Gasteiger partial charge in [0.1, 0.15) is 12.1 Å². The van der Waals surface area contributed by atoms with Crippen molar-refractivity contribution < 1.29 is 34.1 Å². The molecule has 2 heterocycles. The smallest absolute Gasteiger partial charge is 0.323 e. The van der Waals surface area contributed by atoms with Crippen LogP contribution in [-0.4, -0.2) is 50.2 Å². The third-order valence-corrected chi connectivity index (χ3v) is 5.98. The predicted molar refractivity (Wildman–Crippen MR) is 118 cm³/mol. The summed E-state index contributed by atoms with van der Waals surface area (Å²) >= 11 is 0. The lowest BCUT2D eigenvalue weighted by molar-refractivity contribution is -0.160. The number of fused-ring (bicyclic) bond motifs is 3. The lowest BCUT2D eigenvalue weighted by Gasteiger charge is -2.47. The summed E-state index contributed by atoms with van der Waals surface area (Å²) in [6, 6.07) is -0.505. The lowest BCUT2D eigenvalue weighted by atomic mass is 9.79. The quantitative estimate of drug-likeness (QED) is 0.668. The average Bonchev–Trinajstić information content (AvgIpc) is 2.80. The maximum absolute atomic E-state index is 13.3. The Morgan fingerprint density at radius 3 is 2.77 bits per heavy atom. The Labute approximate surface area is 196 Å². The van der Waals surface area contributed by atoms with Crippen LogP contribution in [0.4, 0.5) is 0 Å². The molecule has 6 heteroatoms. The summed E-state index contributed by atoms with van der Waals surface area (Å²) in [6.45, 7) is -2.12. The van der Waals surface area contributed by atoms with Crippen molar-refractivity contribution in [2.45, 2.75) is 65.0 Å². The zero-order valence-electron chi connectivity index (χ0n) is 28.7. The van der Waals surface area contributed by atoms with E-state index in [1.807, 2.05) is 13.8 Å². The highest BCUT2D eigenvalue weighted by atomic mass is 16.5. The second-order valence-corrected chi connectivity index (χ2v) is 8.42. The molecule has 3 rings (SSSR count). The van der Waals surface area contributed by atoms with Gasteiger partial charge in [0.2, 0.25) is 0 Å². The maximum Gasteiger partial charge on any atom is 0.323 e. The van der Waals surface area contributed by atoms with E-state index in [4.69, 9.17) is 35.0 Å². The number of carbonyl (C=O) groups excluding carboxylic acids is 1. The summed E-state index contributed by atoms with van der Waals surface area (Å²) in [7, 11) is -1.32. The molecule has 2 aliphatic rings. The third kappa shape index (κ3) is 4.75. The largest absolute Gasteiger partial charge is 0.493 e. The molecule has 1 aromatic carbocycles. The zero-order valence-corrected chi connectivity index (χ0v) is 17.7. The molecule has 30 heavy (non-hydrogen) atoms. The Morgan fingerprint density at radius 2 is 2.10 bits per heavy atom. The molecule has 0 saturated carbocycles. The Bertz CT molecular complexity index is 1100. The van der Waals surface area contributed by atoms with Crippen LogP contribution in [0.3, 0.4) is 0 Å². The highest BCUT2D eigenvalue weighted by molar-refractivity contribution is 5.76. The van der Waals surface area contributed by atoms with Crippen molar-refractivity contribution >= 4 is 5.97 Å². The normalized spacial score (nSPS) is 33.0. The van der Waals surface area contributed by atoms with Crippen LogP contribution in [0.15, 0.2) is 12.1 Å². The minimum atomic E-state index is -3.66. The highest BCUT2D eigenvalue weighted by Gasteiger charge is 2.41. The molecule has 0 bridgehead atoms. The Balaban J connectivity index is 2.01. The van der Waals surface area contributed by atoms with E-state index >= 15 is 0 Å². The summed E-state index contributed by atoms with van der Waals surface area (Å²) in [5.74, 6) is -5.07. The van der Waals surface area contributed by atoms with Gasteiger partial charge in [-0.3, -0.25) is 9.69 Å². The molecule has 0 aliphatic carbocycles. The van der Waals surface area contributed by atoms with E-state index < -0.39 is 44.7 Å². The van der Waals surface area contributed by atoms with Crippen molar-refractivity contribution in [3.8, 4) is 11.5 Å². The van der Waals surface area contributed by atoms with E-state index in [0.717, 1.165) is 11.1 Å². The molecule has 1 saturated heterocycles. The van der Waals surface area contributed by atoms with Gasteiger partial charge < -0.3 is 19.9 Å². The van der Waals surface area contributed by atoms with Gasteiger partial charge in [-0.25, -0.2) is 0 Å². The third-order valence-electron chi connectivity index (χ3n) is 5.98. The molecule has 0 spiro atoms. The van der Waals surface area contributed by atoms with Gasteiger partial charge in [-0.05, 0) is 47.9 Å². The Hall–Kier alpha value is -1.79. The van der Waals surface area contributed by atoms with Crippen molar-refractivity contribution in [3.63, 3.8) is 0 Å². The molecule has 0 aromatic heterocycles. The van der Waals surface area contributed by atoms with Gasteiger partial charge in [-0.1, -0.05) is 27.6 Å². The summed E-state index contributed by atoms with van der Waals surface area (Å²) in [5.41, 5.74) is 7.41. The highest BCUT2D eigenvalue weighted by Crippen LogP contribution is 2.44. The Kier molecular flexibility index (Phi) is 3.92. The Morgan fingerprint density at radius 1 is 1.33 bits per heavy atom. The minimum absolute atomic E-state index is 0.0208. The SMILES string of the molecule is [2H]C([2H])([2H])Oc1cc2c(cc1OC)CCN1CC(CC(C)C)C(OC(=O)[C@@]([2H])(N)C([2H])(C([2H])([2H])[2H])C([2H])([2H])[2H])CC21. The van der Waals surface area contributed by atoms with Gasteiger partial charge in [0.05, 0.1) is 19.6 Å². The number of methoxy groups -OCH3 is 2. The molecule has 3 unspecified atom stereocenters. The molecule has 1 fully saturated rings. The second kappa shape index (κ2) is 9.56. The number of ether oxygens (including phenoxy) is 3. The molecule has 0 amide bonds. The van der Waals surface area contributed by atoms with Crippen LogP contribution in [0.2, 0.25) is 0 Å². The van der Waals surface area contributed by atoms with Crippen LogP contribution < -0.4 is 15.2 Å². The first kappa shape index (κ1) is 12.3. The molecule has 6 nitrogen and oxygen atoms in total. The number of carbonyl (C=O) groups is 1. The van der Waals surface area contributed by atoms with Gasteiger partial charge in [0, 0.05) is 41.1 Å². The number of nitrogens with two attached hydrogens (primary N) is 1. The van der Waals surface area contributed by atoms with E-state index in [0.29, 0.717) is 25.9 Å². The summed E-state index contributed by atoms with van der Waals surface area (Å²) in [4.78, 5) is 15.5. The maximum atomic E-state index is 13.3. The summed E-state index contributed by atoms with van der Waals surface area (Å²) < 4.78 is 101. The van der Waals surface area contributed by atoms with Crippen LogP contribution in [0.5, 0.6) is 11.5 Å². The molecule has 4 atom stereocenters. The molecule has 168 valence electrons. The van der Waals surface area contributed by atoms with Crippen molar-refractivity contribution in [2.75, 3.05) is 27.2 Å². The van der Waals surface area contributed by atoms with E-state index in [1.165, 1.54) is 7.11 Å². The zero-order chi connectivity index (χ0) is 31.3. The van der Waals surface area contributed by atoms with Crippen molar-refractivity contribution in [3.05, 3.63) is 23.3 Å². The predicted octanol–water partition coefficient (Wildman–Crippen LogP) is 3.56. The number of rotatable bonds is 7. The first-order chi connectivity index (χ1) is 18.5. The van der Waals surface area contributed by atoms with Crippen molar-refractivity contribution in [1.29, 1.82) is 0 Å². The van der Waals surface area contributed by atoms with Crippen LogP contribution in [0.1, 0.15) is 72.6 Å². The topological polar surface area (TPSA) is 74.0 Å². The number of hydrogen-bond donors (Lipinski definition) is 1. The van der Waals surface area contributed by atoms with E-state index in [-0.39, 0.29) is 35.8 Å². The van der Waals surface area contributed by atoms with E-state index in [1.54, 1.807) is 12.1 Å². The minimum Gasteiger partial charge on any atom is -0.493 e. The van der Waals surface area contributed by atoms with Crippen molar-refractivity contribution in [2.24, 2.45) is 23.5 Å². The molecule has 2 N–H and O–H groups in total. The second-order valence-electron chi connectivity index (χ2n) is 8.42. The number of hydrogen-bond acceptors (Lipinski definition) is 6. The number of benzene rings is 1. The molecular formula is C24H38N2O4. The standard InChI is InChI=1S/C24H38N2O4/c1-14(2)9-17-13-26-8-7-16-10-21(28-5)22(29-6)11-18(16)19(26)12-20(17)30-24(27)23(25)15(3)4/h10-11,14-15,17,19-20,23H,7-9,12-13,25H2,1-6H3/t17?,19?,20?,23-/m0/s1/i3D3,4D3,6D3,15D,23D. The van der Waals surface area contributed by atoms with Gasteiger partial charge in [0.25, 0.3) is 0 Å². The van der Waals surface area contributed by atoms with Gasteiger partial charge in [-0.15, -0.1) is 0 Å². The van der Waals surface area contributed by atoms with Crippen LogP contribution in [0, 0.1) is 17.7 Å². The lowest BCUT2D eigenvalue weighted by Crippen LogP contribution is -2.51.